The summed E-state index contributed by atoms with van der Waals surface area (Å²) in [5.41, 5.74) is 6.84. The molecule has 1 aromatic rings. The van der Waals surface area contributed by atoms with Gasteiger partial charge in [-0.05, 0) is 31.2 Å². The zero-order valence-electron chi connectivity index (χ0n) is 13.3. The Morgan fingerprint density at radius 2 is 2.00 bits per heavy atom. The number of primary amides is 1. The van der Waals surface area contributed by atoms with Crippen molar-refractivity contribution in [3.63, 3.8) is 0 Å². The second-order valence-corrected chi connectivity index (χ2v) is 5.88. The molecule has 2 amide bonds. The van der Waals surface area contributed by atoms with E-state index in [0.29, 0.717) is 18.7 Å². The van der Waals surface area contributed by atoms with Gasteiger partial charge in [-0.2, -0.15) is 0 Å². The van der Waals surface area contributed by atoms with Crippen molar-refractivity contribution in [3.8, 4) is 0 Å². The molecule has 23 heavy (non-hydrogen) atoms. The molecule has 0 saturated carbocycles. The topological polar surface area (TPSA) is 83.6 Å². The molecule has 0 saturated heterocycles. The highest BCUT2D eigenvalue weighted by Gasteiger charge is 2.24. The molecule has 0 bridgehead atoms. The van der Waals surface area contributed by atoms with Gasteiger partial charge in [0.15, 0.2) is 0 Å². The van der Waals surface area contributed by atoms with E-state index in [0.717, 1.165) is 25.7 Å². The highest BCUT2D eigenvalue weighted by Crippen LogP contribution is 2.17. The van der Waals surface area contributed by atoms with E-state index in [9.17, 15) is 14.7 Å². The van der Waals surface area contributed by atoms with Gasteiger partial charge < -0.3 is 15.7 Å². The second kappa shape index (κ2) is 8.48. The van der Waals surface area contributed by atoms with Gasteiger partial charge in [-0.3, -0.25) is 9.59 Å². The van der Waals surface area contributed by atoms with E-state index in [1.165, 1.54) is 5.56 Å². The predicted molar refractivity (Wildman–Crippen MR) is 88.5 cm³/mol. The smallest absolute Gasteiger partial charge is 0.249 e. The molecular formula is C18H24N2O3. The minimum Gasteiger partial charge on any atom is -0.383 e. The minimum absolute atomic E-state index is 0.00861. The van der Waals surface area contributed by atoms with E-state index in [2.05, 4.69) is 12.1 Å². The van der Waals surface area contributed by atoms with Crippen LogP contribution in [0, 0.1) is 0 Å². The Bertz CT molecular complexity index is 569. The largest absolute Gasteiger partial charge is 0.383 e. The molecule has 0 aliphatic carbocycles. The lowest BCUT2D eigenvalue weighted by molar-refractivity contribution is -0.129. The van der Waals surface area contributed by atoms with Crippen LogP contribution < -0.4 is 5.73 Å². The number of aliphatic hydroxyl groups excluding tert-OH is 1. The molecule has 1 aromatic carbocycles. The number of nitrogens with zero attached hydrogens (tertiary/aromatic N) is 1. The summed E-state index contributed by atoms with van der Waals surface area (Å²) in [4.78, 5) is 25.1. The molecular weight excluding hydrogens is 292 g/mol. The van der Waals surface area contributed by atoms with Crippen LogP contribution in [-0.4, -0.2) is 41.0 Å². The summed E-state index contributed by atoms with van der Waals surface area (Å²) in [6.07, 6.45) is 4.24. The van der Waals surface area contributed by atoms with Crippen LogP contribution in [0.3, 0.4) is 0 Å². The number of hydrogen-bond acceptors (Lipinski definition) is 3. The minimum atomic E-state index is -1.29. The molecule has 3 N–H and O–H groups in total. The van der Waals surface area contributed by atoms with Crippen LogP contribution in [0.25, 0.3) is 0 Å². The summed E-state index contributed by atoms with van der Waals surface area (Å²) >= 11 is 0. The van der Waals surface area contributed by atoms with Gasteiger partial charge >= 0.3 is 0 Å². The zero-order chi connectivity index (χ0) is 16.7. The van der Waals surface area contributed by atoms with Crippen LogP contribution in [0.2, 0.25) is 0 Å². The van der Waals surface area contributed by atoms with E-state index in [1.54, 1.807) is 11.0 Å². The normalized spacial score (nSPS) is 16.1. The molecule has 124 valence electrons. The highest BCUT2D eigenvalue weighted by atomic mass is 16.3. The van der Waals surface area contributed by atoms with Gasteiger partial charge in [0.2, 0.25) is 11.8 Å². The average molecular weight is 316 g/mol. The summed E-state index contributed by atoms with van der Waals surface area (Å²) in [7, 11) is 0. The first-order chi connectivity index (χ1) is 11.1. The van der Waals surface area contributed by atoms with Gasteiger partial charge in [0.25, 0.3) is 0 Å². The lowest BCUT2D eigenvalue weighted by Gasteiger charge is -2.27. The maximum atomic E-state index is 12.3. The fourth-order valence-corrected chi connectivity index (χ4v) is 2.76. The molecule has 0 aromatic heterocycles. The van der Waals surface area contributed by atoms with E-state index in [-0.39, 0.29) is 12.3 Å². The molecule has 0 fully saturated rings. The van der Waals surface area contributed by atoms with Gasteiger partial charge in [0.05, 0.1) is 0 Å². The summed E-state index contributed by atoms with van der Waals surface area (Å²) in [6, 6.07) is 10.3. The number of aryl methyl sites for hydroxylation is 1. The number of rotatable bonds is 8. The number of carbonyl (C=O) groups excluding carboxylic acids is 2. The molecule has 1 unspecified atom stereocenters. The third-order valence-electron chi connectivity index (χ3n) is 4.08. The van der Waals surface area contributed by atoms with Crippen molar-refractivity contribution >= 4 is 11.8 Å². The Balaban J connectivity index is 1.76. The van der Waals surface area contributed by atoms with Gasteiger partial charge in [0.1, 0.15) is 6.10 Å². The fraction of sp³-hybridized carbons (Fsp3) is 0.444. The van der Waals surface area contributed by atoms with Crippen LogP contribution in [0.4, 0.5) is 0 Å². The second-order valence-electron chi connectivity index (χ2n) is 5.88. The van der Waals surface area contributed by atoms with Crippen molar-refractivity contribution in [1.29, 1.82) is 0 Å². The fourth-order valence-electron chi connectivity index (χ4n) is 2.76. The van der Waals surface area contributed by atoms with Crippen molar-refractivity contribution < 1.29 is 14.7 Å². The molecule has 0 radical (unpaired) electrons. The highest BCUT2D eigenvalue weighted by molar-refractivity contribution is 5.95. The van der Waals surface area contributed by atoms with E-state index < -0.39 is 12.0 Å². The molecule has 5 heteroatoms. The van der Waals surface area contributed by atoms with Crippen LogP contribution in [0.5, 0.6) is 0 Å². The number of unbranched alkanes of at least 4 members (excludes halogenated alkanes) is 1. The Morgan fingerprint density at radius 1 is 1.26 bits per heavy atom. The average Bonchev–Trinajstić information content (AvgIpc) is 2.55. The van der Waals surface area contributed by atoms with Crippen molar-refractivity contribution in [1.82, 2.24) is 4.90 Å². The van der Waals surface area contributed by atoms with Crippen LogP contribution in [-0.2, 0) is 16.0 Å². The summed E-state index contributed by atoms with van der Waals surface area (Å²) in [6.45, 7) is 1.40. The third-order valence-corrected chi connectivity index (χ3v) is 4.08. The first kappa shape index (κ1) is 17.2. The first-order valence-corrected chi connectivity index (χ1v) is 8.07. The summed E-state index contributed by atoms with van der Waals surface area (Å²) in [5.74, 6) is -0.880. The monoisotopic (exact) mass is 316 g/mol. The molecule has 1 aliphatic heterocycles. The van der Waals surface area contributed by atoms with Crippen molar-refractivity contribution in [2.75, 3.05) is 13.1 Å². The maximum Gasteiger partial charge on any atom is 0.249 e. The van der Waals surface area contributed by atoms with Crippen LogP contribution in [0.15, 0.2) is 42.0 Å². The molecule has 1 atom stereocenters. The van der Waals surface area contributed by atoms with Crippen molar-refractivity contribution in [2.45, 2.75) is 38.2 Å². The summed E-state index contributed by atoms with van der Waals surface area (Å²) in [5, 5.41) is 9.54. The predicted octanol–water partition coefficient (Wildman–Crippen LogP) is 1.40. The summed E-state index contributed by atoms with van der Waals surface area (Å²) < 4.78 is 0. The van der Waals surface area contributed by atoms with E-state index in [1.807, 2.05) is 18.2 Å². The number of carbonyl (C=O) groups is 2. The molecule has 1 heterocycles. The Labute approximate surface area is 136 Å². The van der Waals surface area contributed by atoms with Crippen LogP contribution >= 0.6 is 0 Å². The van der Waals surface area contributed by atoms with Gasteiger partial charge in [0, 0.05) is 25.1 Å². The first-order valence-electron chi connectivity index (χ1n) is 8.07. The van der Waals surface area contributed by atoms with E-state index >= 15 is 0 Å². The Morgan fingerprint density at radius 3 is 2.70 bits per heavy atom. The van der Waals surface area contributed by atoms with Gasteiger partial charge in [-0.1, -0.05) is 36.4 Å². The SMILES string of the molecule is NC(=O)C(O)CC1=CCCN(CCCCc2ccccc2)C1=O. The lowest BCUT2D eigenvalue weighted by Crippen LogP contribution is -2.38. The quantitative estimate of drug-likeness (QED) is 0.711. The Kier molecular flexibility index (Phi) is 6.35. The molecule has 5 nitrogen and oxygen atoms in total. The zero-order valence-corrected chi connectivity index (χ0v) is 13.3. The third kappa shape index (κ3) is 5.21. The van der Waals surface area contributed by atoms with Crippen LogP contribution in [0.1, 0.15) is 31.2 Å². The number of hydrogen-bond donors (Lipinski definition) is 2. The lowest BCUT2D eigenvalue weighted by atomic mass is 10.0. The molecule has 2 rings (SSSR count). The standard InChI is InChI=1S/C18H24N2O3/c19-17(22)16(21)13-15-10-6-12-20(18(15)23)11-5-4-9-14-7-2-1-3-8-14/h1-3,7-8,10,16,21H,4-6,9,11-13H2,(H2,19,22). The number of aliphatic hydroxyl groups is 1. The van der Waals surface area contributed by atoms with Crippen molar-refractivity contribution in [2.24, 2.45) is 5.73 Å². The molecule has 1 aliphatic rings. The maximum absolute atomic E-state index is 12.3. The van der Waals surface area contributed by atoms with Crippen molar-refractivity contribution in [3.05, 3.63) is 47.5 Å². The Hall–Kier alpha value is -2.14. The van der Waals surface area contributed by atoms with Gasteiger partial charge in [-0.15, -0.1) is 0 Å². The number of amides is 2. The van der Waals surface area contributed by atoms with Gasteiger partial charge in [-0.25, -0.2) is 0 Å². The van der Waals surface area contributed by atoms with E-state index in [4.69, 9.17) is 5.73 Å². The number of benzene rings is 1. The number of nitrogens with two attached hydrogens (primary N) is 1. The molecule has 0 spiro atoms.